The zero-order chi connectivity index (χ0) is 22.3. The number of benzene rings is 1. The predicted molar refractivity (Wildman–Crippen MR) is 131 cm³/mol. The summed E-state index contributed by atoms with van der Waals surface area (Å²) in [6.45, 7) is 6.07. The summed E-state index contributed by atoms with van der Waals surface area (Å²) in [5.41, 5.74) is 1.49. The van der Waals surface area contributed by atoms with Gasteiger partial charge in [-0.15, -0.1) is 0 Å². The van der Waals surface area contributed by atoms with Gasteiger partial charge in [-0.1, -0.05) is 12.8 Å². The highest BCUT2D eigenvalue weighted by Crippen LogP contribution is 2.26. The van der Waals surface area contributed by atoms with Gasteiger partial charge in [0.1, 0.15) is 5.75 Å². The molecule has 0 radical (unpaired) electrons. The van der Waals surface area contributed by atoms with Crippen LogP contribution in [0.3, 0.4) is 0 Å². The number of fused-ring (bicyclic) bond motifs is 1. The van der Waals surface area contributed by atoms with Gasteiger partial charge in [0, 0.05) is 42.1 Å². The molecule has 2 fully saturated rings. The zero-order valence-corrected chi connectivity index (χ0v) is 19.7. The number of rotatable bonds is 8. The third kappa shape index (κ3) is 5.79. The summed E-state index contributed by atoms with van der Waals surface area (Å²) in [6.07, 6.45) is 5.71. The van der Waals surface area contributed by atoms with Crippen LogP contribution in [0.2, 0.25) is 0 Å². The zero-order valence-electron chi connectivity index (χ0n) is 18.9. The van der Waals surface area contributed by atoms with E-state index in [0.717, 1.165) is 86.0 Å². The summed E-state index contributed by atoms with van der Waals surface area (Å²) >= 11 is 5.81. The van der Waals surface area contributed by atoms with Gasteiger partial charge in [-0.25, -0.2) is 0 Å². The summed E-state index contributed by atoms with van der Waals surface area (Å²) in [4.78, 5) is 20.5. The number of nitrogens with zero attached hydrogens (tertiary/aromatic N) is 2. The van der Waals surface area contributed by atoms with E-state index >= 15 is 0 Å². The molecule has 0 atom stereocenters. The van der Waals surface area contributed by atoms with Crippen molar-refractivity contribution in [1.29, 1.82) is 0 Å². The van der Waals surface area contributed by atoms with Gasteiger partial charge in [-0.2, -0.15) is 0 Å². The lowest BCUT2D eigenvalue weighted by atomic mass is 10.1. The predicted octanol–water partition coefficient (Wildman–Crippen LogP) is 2.88. The van der Waals surface area contributed by atoms with Crippen molar-refractivity contribution < 1.29 is 9.47 Å². The number of methoxy groups -OCH3 is 1. The van der Waals surface area contributed by atoms with E-state index in [9.17, 15) is 4.79 Å². The molecule has 2 aromatic rings. The van der Waals surface area contributed by atoms with Gasteiger partial charge in [0.05, 0.1) is 26.9 Å². The van der Waals surface area contributed by atoms with Crippen LogP contribution in [0.25, 0.3) is 10.9 Å². The largest absolute Gasteiger partial charge is 0.497 e. The number of aromatic amines is 1. The number of H-pyrrole nitrogens is 1. The first-order chi connectivity index (χ1) is 15.6. The number of pyridine rings is 1. The molecule has 8 heteroatoms. The highest BCUT2D eigenvalue weighted by molar-refractivity contribution is 7.80. The van der Waals surface area contributed by atoms with Crippen LogP contribution in [-0.2, 0) is 11.3 Å². The van der Waals surface area contributed by atoms with Crippen LogP contribution in [0.1, 0.15) is 37.7 Å². The second-order valence-corrected chi connectivity index (χ2v) is 9.07. The molecule has 174 valence electrons. The van der Waals surface area contributed by atoms with Gasteiger partial charge in [0.25, 0.3) is 5.56 Å². The summed E-state index contributed by atoms with van der Waals surface area (Å²) in [7, 11) is 1.65. The number of ether oxygens (including phenoxy) is 2. The first kappa shape index (κ1) is 23.0. The minimum Gasteiger partial charge on any atom is -0.497 e. The topological polar surface area (TPSA) is 69.8 Å². The van der Waals surface area contributed by atoms with Crippen molar-refractivity contribution in [1.82, 2.24) is 20.1 Å². The molecule has 1 saturated heterocycles. The maximum absolute atomic E-state index is 12.8. The Morgan fingerprint density at radius 2 is 2.06 bits per heavy atom. The number of thiocarbonyl (C=S) groups is 1. The van der Waals surface area contributed by atoms with Crippen molar-refractivity contribution in [3.05, 3.63) is 40.2 Å². The molecule has 2 N–H and O–H groups in total. The lowest BCUT2D eigenvalue weighted by Gasteiger charge is -2.32. The minimum absolute atomic E-state index is 0.0548. The van der Waals surface area contributed by atoms with Crippen LogP contribution >= 0.6 is 12.2 Å². The molecular weight excluding hydrogens is 424 g/mol. The number of morpholine rings is 1. The first-order valence-corrected chi connectivity index (χ1v) is 12.1. The lowest BCUT2D eigenvalue weighted by molar-refractivity contribution is 0.0375. The monoisotopic (exact) mass is 458 g/mol. The van der Waals surface area contributed by atoms with Crippen molar-refractivity contribution in [2.75, 3.05) is 46.5 Å². The second-order valence-electron chi connectivity index (χ2n) is 8.68. The Morgan fingerprint density at radius 1 is 1.28 bits per heavy atom. The van der Waals surface area contributed by atoms with Crippen molar-refractivity contribution in [2.24, 2.45) is 0 Å². The summed E-state index contributed by atoms with van der Waals surface area (Å²) in [5.74, 6) is 0.778. The molecule has 1 saturated carbocycles. The number of hydrogen-bond donors (Lipinski definition) is 2. The first-order valence-electron chi connectivity index (χ1n) is 11.7. The van der Waals surface area contributed by atoms with Crippen LogP contribution in [-0.4, -0.2) is 72.4 Å². The molecule has 1 aliphatic carbocycles. The van der Waals surface area contributed by atoms with E-state index in [1.807, 2.05) is 24.3 Å². The average molecular weight is 459 g/mol. The second kappa shape index (κ2) is 11.1. The normalized spacial score (nSPS) is 17.5. The maximum atomic E-state index is 12.8. The van der Waals surface area contributed by atoms with Gasteiger partial charge in [0.15, 0.2) is 5.11 Å². The molecular formula is C24H34N4O3S. The van der Waals surface area contributed by atoms with Crippen LogP contribution in [0.4, 0.5) is 0 Å². The Balaban J connectivity index is 1.42. The molecule has 32 heavy (non-hydrogen) atoms. The molecule has 0 amide bonds. The number of hydrogen-bond acceptors (Lipinski definition) is 5. The Bertz CT molecular complexity index is 967. The number of nitrogens with one attached hydrogen (secondary N) is 2. The van der Waals surface area contributed by atoms with Gasteiger partial charge < -0.3 is 24.7 Å². The molecule has 2 aliphatic rings. The van der Waals surface area contributed by atoms with E-state index in [-0.39, 0.29) is 5.56 Å². The van der Waals surface area contributed by atoms with Gasteiger partial charge >= 0.3 is 0 Å². The Kier molecular flexibility index (Phi) is 8.00. The van der Waals surface area contributed by atoms with E-state index in [0.29, 0.717) is 12.6 Å². The third-order valence-corrected chi connectivity index (χ3v) is 6.91. The van der Waals surface area contributed by atoms with E-state index < -0.39 is 0 Å². The molecule has 2 heterocycles. The van der Waals surface area contributed by atoms with Gasteiger partial charge in [-0.3, -0.25) is 9.69 Å². The highest BCUT2D eigenvalue weighted by atomic mass is 32.1. The maximum Gasteiger partial charge on any atom is 0.253 e. The third-order valence-electron chi connectivity index (χ3n) is 6.53. The molecule has 0 bridgehead atoms. The van der Waals surface area contributed by atoms with Crippen LogP contribution in [0.15, 0.2) is 29.1 Å². The van der Waals surface area contributed by atoms with Crippen molar-refractivity contribution in [2.45, 2.75) is 44.7 Å². The Morgan fingerprint density at radius 3 is 2.81 bits per heavy atom. The van der Waals surface area contributed by atoms with E-state index in [4.69, 9.17) is 21.7 Å². The summed E-state index contributed by atoms with van der Waals surface area (Å²) in [6, 6.07) is 8.05. The van der Waals surface area contributed by atoms with Crippen molar-refractivity contribution in [3.63, 3.8) is 0 Å². The molecule has 4 rings (SSSR count). The van der Waals surface area contributed by atoms with Gasteiger partial charge in [0.2, 0.25) is 0 Å². The molecule has 1 aromatic heterocycles. The van der Waals surface area contributed by atoms with Crippen LogP contribution in [0, 0.1) is 0 Å². The fourth-order valence-electron chi connectivity index (χ4n) is 4.66. The molecule has 7 nitrogen and oxygen atoms in total. The molecule has 0 unspecified atom stereocenters. The Labute approximate surface area is 195 Å². The van der Waals surface area contributed by atoms with Crippen molar-refractivity contribution >= 4 is 28.2 Å². The van der Waals surface area contributed by atoms with E-state index in [2.05, 4.69) is 20.1 Å². The van der Waals surface area contributed by atoms with E-state index in [1.54, 1.807) is 7.11 Å². The van der Waals surface area contributed by atoms with Crippen molar-refractivity contribution in [3.8, 4) is 5.75 Å². The average Bonchev–Trinajstić information content (AvgIpc) is 3.35. The molecule has 1 aromatic carbocycles. The minimum atomic E-state index is -0.0548. The van der Waals surface area contributed by atoms with Crippen LogP contribution in [0.5, 0.6) is 5.75 Å². The Hall–Kier alpha value is -2.16. The fraction of sp³-hybridized carbons (Fsp3) is 0.583. The number of aromatic nitrogens is 1. The summed E-state index contributed by atoms with van der Waals surface area (Å²) in [5, 5.41) is 5.18. The quantitative estimate of drug-likeness (QED) is 0.466. The lowest BCUT2D eigenvalue weighted by Crippen LogP contribution is -2.46. The SMILES string of the molecule is COc1ccc2[nH]c(=O)c(CN(C(=S)NCCCN3CCOCC3)C3CCCC3)cc2c1. The van der Waals surface area contributed by atoms with Gasteiger partial charge in [-0.05, 0) is 62.3 Å². The van der Waals surface area contributed by atoms with Crippen LogP contribution < -0.4 is 15.6 Å². The smallest absolute Gasteiger partial charge is 0.253 e. The fourth-order valence-corrected chi connectivity index (χ4v) is 4.98. The molecule has 0 spiro atoms. The van der Waals surface area contributed by atoms with E-state index in [1.165, 1.54) is 12.8 Å². The molecule has 1 aliphatic heterocycles. The highest BCUT2D eigenvalue weighted by Gasteiger charge is 2.25. The summed E-state index contributed by atoms with van der Waals surface area (Å²) < 4.78 is 10.8. The standard InChI is InChI=1S/C24H34N4O3S/c1-30-21-7-8-22-18(16-21)15-19(23(29)26-22)17-28(20-5-2-3-6-20)24(32)25-9-4-10-27-11-13-31-14-12-27/h7-8,15-16,20H,2-6,9-14,17H2,1H3,(H,25,32)(H,26,29).